The average molecular weight is 242 g/mol. The molecule has 0 spiro atoms. The molecular formula is C15H18N2O. The Morgan fingerprint density at radius 2 is 1.94 bits per heavy atom. The maximum absolute atomic E-state index is 9.11. The van der Waals surface area contributed by atoms with Gasteiger partial charge in [-0.15, -0.1) is 0 Å². The summed E-state index contributed by atoms with van der Waals surface area (Å²) in [6, 6.07) is 10.1. The van der Waals surface area contributed by atoms with Crippen molar-refractivity contribution in [2.45, 2.75) is 26.0 Å². The highest BCUT2D eigenvalue weighted by Gasteiger charge is 2.12. The molecular weight excluding hydrogens is 224 g/mol. The normalized spacial score (nSPS) is 16.5. The quantitative estimate of drug-likeness (QED) is 0.897. The predicted molar refractivity (Wildman–Crippen MR) is 72.2 cm³/mol. The summed E-state index contributed by atoms with van der Waals surface area (Å²) in [6.45, 7) is 3.44. The van der Waals surface area contributed by atoms with Crippen LogP contribution >= 0.6 is 0 Å². The SMILES string of the molecule is OCc1ccc2nc(CN3CCCC3)ccc2c1. The first kappa shape index (κ1) is 11.6. The predicted octanol–water partition coefficient (Wildman–Crippen LogP) is 2.32. The molecule has 1 fully saturated rings. The van der Waals surface area contributed by atoms with Crippen molar-refractivity contribution in [3.63, 3.8) is 0 Å². The number of hydrogen-bond donors (Lipinski definition) is 1. The molecule has 0 aliphatic carbocycles. The van der Waals surface area contributed by atoms with E-state index in [1.54, 1.807) is 0 Å². The molecule has 0 radical (unpaired) electrons. The fourth-order valence-corrected chi connectivity index (χ4v) is 2.57. The number of rotatable bonds is 3. The molecule has 1 aromatic heterocycles. The van der Waals surface area contributed by atoms with E-state index in [1.165, 1.54) is 25.9 Å². The third kappa shape index (κ3) is 2.37. The van der Waals surface area contributed by atoms with E-state index in [0.717, 1.165) is 28.7 Å². The standard InChI is InChI=1S/C15H18N2O/c18-11-12-3-6-15-13(9-12)4-5-14(16-15)10-17-7-1-2-8-17/h3-6,9,18H,1-2,7-8,10-11H2. The van der Waals surface area contributed by atoms with Crippen LogP contribution in [-0.2, 0) is 13.2 Å². The number of hydrogen-bond acceptors (Lipinski definition) is 3. The Labute approximate surface area is 107 Å². The Bertz CT molecular complexity index is 547. The van der Waals surface area contributed by atoms with Crippen molar-refractivity contribution >= 4 is 10.9 Å². The van der Waals surface area contributed by atoms with E-state index in [4.69, 9.17) is 10.1 Å². The first-order valence-corrected chi connectivity index (χ1v) is 6.57. The topological polar surface area (TPSA) is 36.4 Å². The van der Waals surface area contributed by atoms with Gasteiger partial charge in [0.05, 0.1) is 17.8 Å². The number of aromatic nitrogens is 1. The van der Waals surface area contributed by atoms with Gasteiger partial charge >= 0.3 is 0 Å². The molecule has 2 aromatic rings. The molecule has 2 heterocycles. The number of likely N-dealkylation sites (tertiary alicyclic amines) is 1. The molecule has 0 bridgehead atoms. The van der Waals surface area contributed by atoms with E-state index in [1.807, 2.05) is 18.2 Å². The highest BCUT2D eigenvalue weighted by molar-refractivity contribution is 5.79. The summed E-state index contributed by atoms with van der Waals surface area (Å²) in [5.41, 5.74) is 3.10. The minimum atomic E-state index is 0.0888. The number of benzene rings is 1. The van der Waals surface area contributed by atoms with Crippen molar-refractivity contribution in [2.75, 3.05) is 13.1 Å². The van der Waals surface area contributed by atoms with Crippen LogP contribution in [-0.4, -0.2) is 28.1 Å². The summed E-state index contributed by atoms with van der Waals surface area (Å²) in [6.07, 6.45) is 2.63. The molecule has 0 unspecified atom stereocenters. The van der Waals surface area contributed by atoms with Gasteiger partial charge in [-0.1, -0.05) is 12.1 Å². The molecule has 0 atom stereocenters. The van der Waals surface area contributed by atoms with E-state index >= 15 is 0 Å². The van der Waals surface area contributed by atoms with Gasteiger partial charge in [-0.2, -0.15) is 0 Å². The molecule has 18 heavy (non-hydrogen) atoms. The number of nitrogens with zero attached hydrogens (tertiary/aromatic N) is 2. The molecule has 1 aromatic carbocycles. The summed E-state index contributed by atoms with van der Waals surface area (Å²) < 4.78 is 0. The highest BCUT2D eigenvalue weighted by Crippen LogP contribution is 2.17. The Balaban J connectivity index is 1.86. The molecule has 3 rings (SSSR count). The summed E-state index contributed by atoms with van der Waals surface area (Å²) in [5, 5.41) is 10.2. The van der Waals surface area contributed by atoms with Gasteiger partial charge < -0.3 is 5.11 Å². The van der Waals surface area contributed by atoms with Crippen LogP contribution in [0.1, 0.15) is 24.1 Å². The van der Waals surface area contributed by atoms with Crippen LogP contribution in [0.4, 0.5) is 0 Å². The summed E-state index contributed by atoms with van der Waals surface area (Å²) >= 11 is 0. The monoisotopic (exact) mass is 242 g/mol. The minimum Gasteiger partial charge on any atom is -0.392 e. The van der Waals surface area contributed by atoms with Crippen molar-refractivity contribution in [1.82, 2.24) is 9.88 Å². The second-order valence-electron chi connectivity index (χ2n) is 4.97. The lowest BCUT2D eigenvalue weighted by Crippen LogP contribution is -2.19. The lowest BCUT2D eigenvalue weighted by molar-refractivity contribution is 0.282. The second-order valence-corrected chi connectivity index (χ2v) is 4.97. The number of aliphatic hydroxyl groups is 1. The molecule has 0 amide bonds. The second kappa shape index (κ2) is 5.04. The summed E-state index contributed by atoms with van der Waals surface area (Å²) in [5.74, 6) is 0. The van der Waals surface area contributed by atoms with Gasteiger partial charge in [0.2, 0.25) is 0 Å². The van der Waals surface area contributed by atoms with E-state index in [2.05, 4.69) is 17.0 Å². The third-order valence-electron chi connectivity index (χ3n) is 3.58. The molecule has 3 nitrogen and oxygen atoms in total. The van der Waals surface area contributed by atoms with Crippen molar-refractivity contribution in [2.24, 2.45) is 0 Å². The largest absolute Gasteiger partial charge is 0.392 e. The number of aliphatic hydroxyl groups excluding tert-OH is 1. The summed E-state index contributed by atoms with van der Waals surface area (Å²) in [4.78, 5) is 7.15. The van der Waals surface area contributed by atoms with Gasteiger partial charge in [-0.05, 0) is 49.7 Å². The zero-order valence-corrected chi connectivity index (χ0v) is 10.5. The molecule has 1 N–H and O–H groups in total. The van der Waals surface area contributed by atoms with Crippen LogP contribution in [0.15, 0.2) is 30.3 Å². The lowest BCUT2D eigenvalue weighted by atomic mass is 10.1. The Morgan fingerprint density at radius 3 is 2.72 bits per heavy atom. The Morgan fingerprint density at radius 1 is 1.11 bits per heavy atom. The summed E-state index contributed by atoms with van der Waals surface area (Å²) in [7, 11) is 0. The smallest absolute Gasteiger partial charge is 0.0706 e. The molecule has 3 heteroatoms. The molecule has 1 saturated heterocycles. The Hall–Kier alpha value is -1.45. The molecule has 1 aliphatic rings. The van der Waals surface area contributed by atoms with Gasteiger partial charge in [-0.3, -0.25) is 9.88 Å². The van der Waals surface area contributed by atoms with Crippen LogP contribution in [0.3, 0.4) is 0 Å². The van der Waals surface area contributed by atoms with Crippen molar-refractivity contribution < 1.29 is 5.11 Å². The van der Waals surface area contributed by atoms with Crippen LogP contribution in [0.25, 0.3) is 10.9 Å². The molecule has 94 valence electrons. The van der Waals surface area contributed by atoms with E-state index < -0.39 is 0 Å². The molecule has 0 saturated carbocycles. The highest BCUT2D eigenvalue weighted by atomic mass is 16.3. The molecule has 1 aliphatic heterocycles. The van der Waals surface area contributed by atoms with E-state index in [9.17, 15) is 0 Å². The van der Waals surface area contributed by atoms with Gasteiger partial charge in [0.25, 0.3) is 0 Å². The van der Waals surface area contributed by atoms with Crippen LogP contribution in [0, 0.1) is 0 Å². The first-order chi connectivity index (χ1) is 8.85. The maximum atomic E-state index is 9.11. The van der Waals surface area contributed by atoms with Crippen LogP contribution < -0.4 is 0 Å². The third-order valence-corrected chi connectivity index (χ3v) is 3.58. The fraction of sp³-hybridized carbons (Fsp3) is 0.400. The van der Waals surface area contributed by atoms with Gasteiger partial charge in [-0.25, -0.2) is 0 Å². The van der Waals surface area contributed by atoms with Gasteiger partial charge in [0, 0.05) is 11.9 Å². The Kier molecular flexibility index (Phi) is 3.26. The lowest BCUT2D eigenvalue weighted by Gasteiger charge is -2.14. The van der Waals surface area contributed by atoms with Crippen molar-refractivity contribution in [1.29, 1.82) is 0 Å². The van der Waals surface area contributed by atoms with Gasteiger partial charge in [0.15, 0.2) is 0 Å². The average Bonchev–Trinajstić information content (AvgIpc) is 2.91. The maximum Gasteiger partial charge on any atom is 0.0706 e. The van der Waals surface area contributed by atoms with Crippen molar-refractivity contribution in [3.05, 3.63) is 41.6 Å². The van der Waals surface area contributed by atoms with Crippen LogP contribution in [0.2, 0.25) is 0 Å². The van der Waals surface area contributed by atoms with Crippen LogP contribution in [0.5, 0.6) is 0 Å². The number of pyridine rings is 1. The fourth-order valence-electron chi connectivity index (χ4n) is 2.57. The first-order valence-electron chi connectivity index (χ1n) is 6.57. The van der Waals surface area contributed by atoms with E-state index in [0.29, 0.717) is 0 Å². The van der Waals surface area contributed by atoms with Crippen molar-refractivity contribution in [3.8, 4) is 0 Å². The van der Waals surface area contributed by atoms with Gasteiger partial charge in [0.1, 0.15) is 0 Å². The minimum absolute atomic E-state index is 0.0888. The zero-order valence-electron chi connectivity index (χ0n) is 10.5. The zero-order chi connectivity index (χ0) is 12.4. The number of fused-ring (bicyclic) bond motifs is 1. The van der Waals surface area contributed by atoms with E-state index in [-0.39, 0.29) is 6.61 Å².